The zero-order chi connectivity index (χ0) is 14.1. The SMILES string of the molecule is O=C(Nc1c(F)cccc1F)c1ccc2cc[nH]c2c1. The van der Waals surface area contributed by atoms with Gasteiger partial charge in [0, 0.05) is 17.3 Å². The summed E-state index contributed by atoms with van der Waals surface area (Å²) in [4.78, 5) is 15.0. The van der Waals surface area contributed by atoms with Crippen LogP contribution in [0.1, 0.15) is 10.4 Å². The fourth-order valence-corrected chi connectivity index (χ4v) is 1.99. The lowest BCUT2D eigenvalue weighted by atomic mass is 10.1. The summed E-state index contributed by atoms with van der Waals surface area (Å²) in [5, 5.41) is 3.21. The van der Waals surface area contributed by atoms with Gasteiger partial charge >= 0.3 is 0 Å². The van der Waals surface area contributed by atoms with Gasteiger partial charge in [0.1, 0.15) is 17.3 Å². The van der Waals surface area contributed by atoms with Crippen LogP contribution < -0.4 is 5.32 Å². The summed E-state index contributed by atoms with van der Waals surface area (Å²) in [6, 6.07) is 10.3. The molecule has 1 heterocycles. The van der Waals surface area contributed by atoms with Gasteiger partial charge in [0.25, 0.3) is 5.91 Å². The molecule has 0 fully saturated rings. The van der Waals surface area contributed by atoms with Crippen molar-refractivity contribution in [2.75, 3.05) is 5.32 Å². The highest BCUT2D eigenvalue weighted by Gasteiger charge is 2.13. The van der Waals surface area contributed by atoms with Gasteiger partial charge in [-0.05, 0) is 35.7 Å². The van der Waals surface area contributed by atoms with Crippen molar-refractivity contribution in [3.63, 3.8) is 0 Å². The molecule has 0 unspecified atom stereocenters. The highest BCUT2D eigenvalue weighted by atomic mass is 19.1. The fraction of sp³-hybridized carbons (Fsp3) is 0. The maximum Gasteiger partial charge on any atom is 0.255 e. The number of carbonyl (C=O) groups excluding carboxylic acids is 1. The fourth-order valence-electron chi connectivity index (χ4n) is 1.99. The van der Waals surface area contributed by atoms with Crippen LogP contribution >= 0.6 is 0 Å². The molecule has 3 rings (SSSR count). The molecule has 0 atom stereocenters. The molecule has 2 aromatic carbocycles. The van der Waals surface area contributed by atoms with Crippen LogP contribution in [-0.4, -0.2) is 10.9 Å². The lowest BCUT2D eigenvalue weighted by molar-refractivity contribution is 0.102. The minimum absolute atomic E-state index is 0.322. The Balaban J connectivity index is 1.92. The van der Waals surface area contributed by atoms with Crippen LogP contribution in [0.15, 0.2) is 48.7 Å². The largest absolute Gasteiger partial charge is 0.361 e. The lowest BCUT2D eigenvalue weighted by Gasteiger charge is -2.07. The van der Waals surface area contributed by atoms with Gasteiger partial charge < -0.3 is 10.3 Å². The second kappa shape index (κ2) is 4.77. The van der Waals surface area contributed by atoms with Gasteiger partial charge in [0.15, 0.2) is 0 Å². The van der Waals surface area contributed by atoms with Crippen molar-refractivity contribution in [3.05, 3.63) is 65.9 Å². The number of para-hydroxylation sites is 1. The first kappa shape index (κ1) is 12.3. The van der Waals surface area contributed by atoms with Crippen LogP contribution in [0.3, 0.4) is 0 Å². The standard InChI is InChI=1S/C15H10F2N2O/c16-11-2-1-3-12(17)14(11)19-15(20)10-5-4-9-6-7-18-13(9)8-10/h1-8,18H,(H,19,20). The molecule has 0 radical (unpaired) electrons. The van der Waals surface area contributed by atoms with Gasteiger partial charge in [-0.25, -0.2) is 8.78 Å². The van der Waals surface area contributed by atoms with Gasteiger partial charge in [-0.2, -0.15) is 0 Å². The molecule has 0 saturated carbocycles. The van der Waals surface area contributed by atoms with Crippen molar-refractivity contribution in [2.24, 2.45) is 0 Å². The number of anilines is 1. The number of benzene rings is 2. The first-order valence-electron chi connectivity index (χ1n) is 5.97. The molecule has 100 valence electrons. The van der Waals surface area contributed by atoms with E-state index in [1.165, 1.54) is 6.07 Å². The van der Waals surface area contributed by atoms with E-state index in [0.29, 0.717) is 5.56 Å². The van der Waals surface area contributed by atoms with E-state index in [-0.39, 0.29) is 0 Å². The normalized spacial score (nSPS) is 10.7. The van der Waals surface area contributed by atoms with Crippen molar-refractivity contribution in [2.45, 2.75) is 0 Å². The van der Waals surface area contributed by atoms with E-state index < -0.39 is 23.2 Å². The molecule has 0 aliphatic heterocycles. The molecule has 0 aliphatic carbocycles. The maximum absolute atomic E-state index is 13.5. The topological polar surface area (TPSA) is 44.9 Å². The van der Waals surface area contributed by atoms with Crippen LogP contribution in [0, 0.1) is 11.6 Å². The molecule has 3 aromatic rings. The third kappa shape index (κ3) is 2.14. The number of carbonyl (C=O) groups is 1. The summed E-state index contributed by atoms with van der Waals surface area (Å²) >= 11 is 0. The highest BCUT2D eigenvalue weighted by Crippen LogP contribution is 2.20. The van der Waals surface area contributed by atoms with Gasteiger partial charge in [-0.3, -0.25) is 4.79 Å². The summed E-state index contributed by atoms with van der Waals surface area (Å²) < 4.78 is 26.9. The van der Waals surface area contributed by atoms with Gasteiger partial charge in [-0.15, -0.1) is 0 Å². The Hall–Kier alpha value is -2.69. The highest BCUT2D eigenvalue weighted by molar-refractivity contribution is 6.06. The average Bonchev–Trinajstić information content (AvgIpc) is 2.90. The summed E-state index contributed by atoms with van der Waals surface area (Å²) in [7, 11) is 0. The number of hydrogen-bond acceptors (Lipinski definition) is 1. The van der Waals surface area contributed by atoms with Crippen LogP contribution in [0.25, 0.3) is 10.9 Å². The molecule has 20 heavy (non-hydrogen) atoms. The van der Waals surface area contributed by atoms with Crippen molar-refractivity contribution in [3.8, 4) is 0 Å². The van der Waals surface area contributed by atoms with Gasteiger partial charge in [0.05, 0.1) is 0 Å². The molecule has 0 aliphatic rings. The molecule has 0 bridgehead atoms. The van der Waals surface area contributed by atoms with E-state index >= 15 is 0 Å². The smallest absolute Gasteiger partial charge is 0.255 e. The third-order valence-electron chi connectivity index (χ3n) is 3.02. The van der Waals surface area contributed by atoms with Crippen molar-refractivity contribution >= 4 is 22.5 Å². The van der Waals surface area contributed by atoms with E-state index in [1.807, 2.05) is 6.07 Å². The number of aromatic nitrogens is 1. The number of amides is 1. The summed E-state index contributed by atoms with van der Waals surface area (Å²) in [6.07, 6.45) is 1.75. The molecule has 0 saturated heterocycles. The Morgan fingerprint density at radius 1 is 1.05 bits per heavy atom. The molecular formula is C15H10F2N2O. The van der Waals surface area contributed by atoms with Gasteiger partial charge in [0.2, 0.25) is 0 Å². The molecule has 3 nitrogen and oxygen atoms in total. The van der Waals surface area contributed by atoms with Crippen LogP contribution in [0.4, 0.5) is 14.5 Å². The number of rotatable bonds is 2. The van der Waals surface area contributed by atoms with Crippen LogP contribution in [0.2, 0.25) is 0 Å². The van der Waals surface area contributed by atoms with E-state index in [0.717, 1.165) is 23.0 Å². The zero-order valence-corrected chi connectivity index (χ0v) is 10.3. The lowest BCUT2D eigenvalue weighted by Crippen LogP contribution is -2.14. The number of halogens is 2. The van der Waals surface area contributed by atoms with E-state index in [2.05, 4.69) is 10.3 Å². The first-order valence-corrected chi connectivity index (χ1v) is 5.97. The van der Waals surface area contributed by atoms with Crippen molar-refractivity contribution < 1.29 is 13.6 Å². The maximum atomic E-state index is 13.5. The Morgan fingerprint density at radius 3 is 2.55 bits per heavy atom. The number of aromatic amines is 1. The minimum atomic E-state index is -0.806. The molecule has 2 N–H and O–H groups in total. The van der Waals surface area contributed by atoms with Crippen LogP contribution in [-0.2, 0) is 0 Å². The number of hydrogen-bond donors (Lipinski definition) is 2. The second-order valence-corrected chi connectivity index (χ2v) is 4.33. The Morgan fingerprint density at radius 2 is 1.80 bits per heavy atom. The molecule has 5 heteroatoms. The summed E-state index contributed by atoms with van der Waals surface area (Å²) in [6.45, 7) is 0. The van der Waals surface area contributed by atoms with Crippen molar-refractivity contribution in [1.29, 1.82) is 0 Å². The summed E-state index contributed by atoms with van der Waals surface area (Å²) in [5.74, 6) is -2.18. The van der Waals surface area contributed by atoms with E-state index in [4.69, 9.17) is 0 Å². The second-order valence-electron chi connectivity index (χ2n) is 4.33. The van der Waals surface area contributed by atoms with Crippen molar-refractivity contribution in [1.82, 2.24) is 4.98 Å². The zero-order valence-electron chi connectivity index (χ0n) is 10.3. The number of H-pyrrole nitrogens is 1. The Labute approximate surface area is 113 Å². The first-order chi connectivity index (χ1) is 9.65. The predicted molar refractivity (Wildman–Crippen MR) is 72.6 cm³/mol. The minimum Gasteiger partial charge on any atom is -0.361 e. The van der Waals surface area contributed by atoms with E-state index in [9.17, 15) is 13.6 Å². The monoisotopic (exact) mass is 272 g/mol. The number of nitrogens with one attached hydrogen (secondary N) is 2. The molecule has 1 amide bonds. The molecule has 1 aromatic heterocycles. The third-order valence-corrected chi connectivity index (χ3v) is 3.02. The van der Waals surface area contributed by atoms with Crippen LogP contribution in [0.5, 0.6) is 0 Å². The predicted octanol–water partition coefficient (Wildman–Crippen LogP) is 3.70. The molecular weight excluding hydrogens is 262 g/mol. The quantitative estimate of drug-likeness (QED) is 0.734. The van der Waals surface area contributed by atoms with Gasteiger partial charge in [-0.1, -0.05) is 12.1 Å². The summed E-state index contributed by atoms with van der Waals surface area (Å²) in [5.41, 5.74) is 0.665. The Kier molecular flexibility index (Phi) is 2.95. The Bertz CT molecular complexity index is 775. The molecule has 0 spiro atoms. The van der Waals surface area contributed by atoms with E-state index in [1.54, 1.807) is 24.4 Å². The number of fused-ring (bicyclic) bond motifs is 1. The average molecular weight is 272 g/mol.